The van der Waals surface area contributed by atoms with E-state index in [4.69, 9.17) is 23.2 Å². The van der Waals surface area contributed by atoms with Gasteiger partial charge in [0.1, 0.15) is 0 Å². The van der Waals surface area contributed by atoms with Crippen LogP contribution >= 0.6 is 23.2 Å². The van der Waals surface area contributed by atoms with Gasteiger partial charge in [-0.15, -0.1) is 0 Å². The van der Waals surface area contributed by atoms with Crippen LogP contribution in [0.1, 0.15) is 43.0 Å². The fourth-order valence-electron chi connectivity index (χ4n) is 2.66. The zero-order valence-electron chi connectivity index (χ0n) is 13.6. The Morgan fingerprint density at radius 1 is 1.25 bits per heavy atom. The van der Waals surface area contributed by atoms with Crippen molar-refractivity contribution in [2.45, 2.75) is 38.6 Å². The molecule has 0 aliphatic carbocycles. The van der Waals surface area contributed by atoms with Gasteiger partial charge in [-0.2, -0.15) is 0 Å². The second-order valence-electron chi connectivity index (χ2n) is 5.99. The van der Waals surface area contributed by atoms with E-state index in [-0.39, 0.29) is 17.7 Å². The van der Waals surface area contributed by atoms with Gasteiger partial charge in [-0.05, 0) is 37.5 Å². The summed E-state index contributed by atoms with van der Waals surface area (Å²) in [7, 11) is -3.23. The Kier molecular flexibility index (Phi) is 6.92. The topological polar surface area (TPSA) is 66.5 Å². The van der Waals surface area contributed by atoms with Crippen LogP contribution in [-0.2, 0) is 10.0 Å². The van der Waals surface area contributed by atoms with Gasteiger partial charge in [0.2, 0.25) is 10.0 Å². The van der Waals surface area contributed by atoms with Crippen molar-refractivity contribution >= 4 is 39.1 Å². The first kappa shape index (κ1) is 19.5. The first-order chi connectivity index (χ1) is 11.3. The van der Waals surface area contributed by atoms with Gasteiger partial charge in [0.25, 0.3) is 5.91 Å². The lowest BCUT2D eigenvalue weighted by Crippen LogP contribution is -2.47. The molecule has 1 aromatic rings. The summed E-state index contributed by atoms with van der Waals surface area (Å²) in [5.41, 5.74) is 0.492. The van der Waals surface area contributed by atoms with Crippen LogP contribution in [0.2, 0.25) is 10.0 Å². The number of hydrogen-bond donors (Lipinski definition) is 1. The molecule has 2 rings (SSSR count). The molecule has 0 bridgehead atoms. The zero-order chi connectivity index (χ0) is 17.7. The van der Waals surface area contributed by atoms with E-state index in [1.165, 1.54) is 0 Å². The molecule has 0 spiro atoms. The van der Waals surface area contributed by atoms with Crippen LogP contribution in [0.3, 0.4) is 0 Å². The standard InChI is InChI=1S/C16H22Cl2N2O3S/c1-2-3-10-24(22,23)19-13-6-8-20(9-7-13)16(21)12-4-5-14(17)15(18)11-12/h4-5,11,13,19H,2-3,6-10H2,1H3. The van der Waals surface area contributed by atoms with Crippen molar-refractivity contribution in [3.63, 3.8) is 0 Å². The molecule has 0 atom stereocenters. The van der Waals surface area contributed by atoms with Gasteiger partial charge < -0.3 is 4.90 Å². The molecule has 1 amide bonds. The van der Waals surface area contributed by atoms with Gasteiger partial charge in [-0.1, -0.05) is 36.5 Å². The number of sulfonamides is 1. The minimum Gasteiger partial charge on any atom is -0.339 e. The average molecular weight is 393 g/mol. The molecule has 5 nitrogen and oxygen atoms in total. The second-order valence-corrected chi connectivity index (χ2v) is 8.67. The van der Waals surface area contributed by atoms with Crippen molar-refractivity contribution in [1.29, 1.82) is 0 Å². The Balaban J connectivity index is 1.90. The molecule has 24 heavy (non-hydrogen) atoms. The monoisotopic (exact) mass is 392 g/mol. The van der Waals surface area contributed by atoms with Gasteiger partial charge in [0.15, 0.2) is 0 Å². The van der Waals surface area contributed by atoms with Crippen LogP contribution in [0.15, 0.2) is 18.2 Å². The number of benzene rings is 1. The number of amides is 1. The number of unbranched alkanes of at least 4 members (excludes halogenated alkanes) is 1. The van der Waals surface area contributed by atoms with E-state index in [2.05, 4.69) is 4.72 Å². The summed E-state index contributed by atoms with van der Waals surface area (Å²) in [6.07, 6.45) is 2.72. The Labute approximate surface area is 153 Å². The number of likely N-dealkylation sites (tertiary alicyclic amines) is 1. The van der Waals surface area contributed by atoms with Gasteiger partial charge in [-0.25, -0.2) is 13.1 Å². The molecule has 0 saturated carbocycles. The van der Waals surface area contributed by atoms with Crippen LogP contribution in [0, 0.1) is 0 Å². The fraction of sp³-hybridized carbons (Fsp3) is 0.562. The Hall–Kier alpha value is -0.820. The summed E-state index contributed by atoms with van der Waals surface area (Å²) in [4.78, 5) is 14.2. The highest BCUT2D eigenvalue weighted by Gasteiger charge is 2.26. The van der Waals surface area contributed by atoms with Crippen LogP contribution in [-0.4, -0.2) is 44.1 Å². The van der Waals surface area contributed by atoms with E-state index in [0.717, 1.165) is 6.42 Å². The van der Waals surface area contributed by atoms with Crippen molar-refractivity contribution in [2.75, 3.05) is 18.8 Å². The second kappa shape index (κ2) is 8.52. The van der Waals surface area contributed by atoms with Crippen molar-refractivity contribution in [3.05, 3.63) is 33.8 Å². The fourth-order valence-corrected chi connectivity index (χ4v) is 4.49. The number of nitrogens with zero attached hydrogens (tertiary/aromatic N) is 1. The third kappa shape index (κ3) is 5.34. The smallest absolute Gasteiger partial charge is 0.253 e. The average Bonchev–Trinajstić information content (AvgIpc) is 2.55. The Morgan fingerprint density at radius 3 is 2.50 bits per heavy atom. The number of halogens is 2. The maximum Gasteiger partial charge on any atom is 0.253 e. The Morgan fingerprint density at radius 2 is 1.92 bits per heavy atom. The van der Waals surface area contributed by atoms with Crippen LogP contribution in [0.5, 0.6) is 0 Å². The number of rotatable bonds is 6. The summed E-state index contributed by atoms with van der Waals surface area (Å²) >= 11 is 11.8. The largest absolute Gasteiger partial charge is 0.339 e. The lowest BCUT2D eigenvalue weighted by atomic mass is 10.0. The van der Waals surface area contributed by atoms with Crippen molar-refractivity contribution < 1.29 is 13.2 Å². The minimum absolute atomic E-state index is 0.107. The molecule has 0 unspecified atom stereocenters. The summed E-state index contributed by atoms with van der Waals surface area (Å²) in [5, 5.41) is 0.759. The quantitative estimate of drug-likeness (QED) is 0.807. The highest BCUT2D eigenvalue weighted by Crippen LogP contribution is 2.24. The third-order valence-electron chi connectivity index (χ3n) is 4.06. The van der Waals surface area contributed by atoms with E-state index < -0.39 is 10.0 Å². The molecule has 1 saturated heterocycles. The number of carbonyl (C=O) groups is 1. The molecule has 0 aromatic heterocycles. The zero-order valence-corrected chi connectivity index (χ0v) is 15.9. The lowest BCUT2D eigenvalue weighted by molar-refractivity contribution is 0.0711. The van der Waals surface area contributed by atoms with Crippen LogP contribution in [0.25, 0.3) is 0 Å². The molecule has 1 N–H and O–H groups in total. The lowest BCUT2D eigenvalue weighted by Gasteiger charge is -2.32. The highest BCUT2D eigenvalue weighted by molar-refractivity contribution is 7.89. The highest BCUT2D eigenvalue weighted by atomic mass is 35.5. The third-order valence-corrected chi connectivity index (χ3v) is 6.32. The molecule has 1 aliphatic heterocycles. The van der Waals surface area contributed by atoms with Crippen molar-refractivity contribution in [3.8, 4) is 0 Å². The summed E-state index contributed by atoms with van der Waals surface area (Å²) in [6.45, 7) is 2.99. The normalized spacial score (nSPS) is 16.4. The summed E-state index contributed by atoms with van der Waals surface area (Å²) in [6, 6.07) is 4.71. The predicted molar refractivity (Wildman–Crippen MR) is 97.2 cm³/mol. The van der Waals surface area contributed by atoms with Gasteiger partial charge in [-0.3, -0.25) is 4.79 Å². The number of carbonyl (C=O) groups excluding carboxylic acids is 1. The molecular formula is C16H22Cl2N2O3S. The summed E-state index contributed by atoms with van der Waals surface area (Å²) in [5.74, 6) is 0.0483. The van der Waals surface area contributed by atoms with E-state index >= 15 is 0 Å². The van der Waals surface area contributed by atoms with E-state index in [1.807, 2.05) is 6.92 Å². The summed E-state index contributed by atoms with van der Waals surface area (Å²) < 4.78 is 26.6. The van der Waals surface area contributed by atoms with Gasteiger partial charge in [0, 0.05) is 24.7 Å². The van der Waals surface area contributed by atoms with Crippen LogP contribution in [0.4, 0.5) is 0 Å². The molecule has 8 heteroatoms. The minimum atomic E-state index is -3.23. The van der Waals surface area contributed by atoms with Crippen LogP contribution < -0.4 is 4.72 Å². The van der Waals surface area contributed by atoms with E-state index in [1.54, 1.807) is 23.1 Å². The molecule has 1 aromatic carbocycles. The van der Waals surface area contributed by atoms with E-state index in [9.17, 15) is 13.2 Å². The van der Waals surface area contributed by atoms with E-state index in [0.29, 0.717) is 48.0 Å². The number of hydrogen-bond acceptors (Lipinski definition) is 3. The van der Waals surface area contributed by atoms with Gasteiger partial charge >= 0.3 is 0 Å². The SMILES string of the molecule is CCCCS(=O)(=O)NC1CCN(C(=O)c2ccc(Cl)c(Cl)c2)CC1. The first-order valence-corrected chi connectivity index (χ1v) is 10.5. The van der Waals surface area contributed by atoms with Crippen molar-refractivity contribution in [1.82, 2.24) is 9.62 Å². The molecule has 1 aliphatic rings. The Bertz CT molecular complexity index is 687. The number of piperidine rings is 1. The molecule has 1 fully saturated rings. The maximum absolute atomic E-state index is 12.5. The molecule has 0 radical (unpaired) electrons. The maximum atomic E-state index is 12.5. The predicted octanol–water partition coefficient (Wildman–Crippen LogP) is 3.32. The molecular weight excluding hydrogens is 371 g/mol. The number of nitrogens with one attached hydrogen (secondary N) is 1. The van der Waals surface area contributed by atoms with Gasteiger partial charge in [0.05, 0.1) is 15.8 Å². The first-order valence-electron chi connectivity index (χ1n) is 8.06. The molecule has 134 valence electrons. The van der Waals surface area contributed by atoms with Crippen molar-refractivity contribution in [2.24, 2.45) is 0 Å². The molecule has 1 heterocycles.